The third-order valence-corrected chi connectivity index (χ3v) is 9.23. The average molecular weight is 863 g/mol. The zero-order chi connectivity index (χ0) is 44.6. The van der Waals surface area contributed by atoms with Gasteiger partial charge in [0.15, 0.2) is 0 Å². The molecular weight excluding hydrogens is 817 g/mol. The van der Waals surface area contributed by atoms with Crippen LogP contribution in [0, 0.1) is 0 Å². The van der Waals surface area contributed by atoms with E-state index in [9.17, 15) is 49.9 Å². The summed E-state index contributed by atoms with van der Waals surface area (Å²) in [4.78, 5) is 49.2. The molecule has 0 aliphatic carbocycles. The van der Waals surface area contributed by atoms with Crippen molar-refractivity contribution in [1.82, 2.24) is 0 Å². The molecule has 0 N–H and O–H groups in total. The van der Waals surface area contributed by atoms with Gasteiger partial charge in [0.1, 0.15) is 17.2 Å². The van der Waals surface area contributed by atoms with E-state index in [2.05, 4.69) is 11.7 Å². The molecular formula is C45H45F7O9. The third-order valence-electron chi connectivity index (χ3n) is 9.23. The van der Waals surface area contributed by atoms with Gasteiger partial charge >= 0.3 is 41.9 Å². The van der Waals surface area contributed by atoms with Crippen molar-refractivity contribution in [3.63, 3.8) is 0 Å². The normalized spacial score (nSPS) is 12.3. The van der Waals surface area contributed by atoms with E-state index >= 15 is 0 Å². The van der Waals surface area contributed by atoms with E-state index in [0.29, 0.717) is 29.9 Å². The van der Waals surface area contributed by atoms with E-state index < -0.39 is 42.5 Å². The number of carbonyl (C=O) groups is 4. The standard InChI is InChI=1S/C45H45F7O9/c1-3-4-5-8-11-30(2)59-39(53)33-14-12-31(13-15-33)32-16-24-37(25-17-32)60-41(55)35-20-26-38(27-21-35)61-40(54)34-18-22-36(23-19-34)57-28-9-6-7-10-29-58-42(56)43(46,47)44(48,49)45(50,51)52/h12-27,30H,3-11,28-29H2,1-2H3/t30-/m0/s1. The van der Waals surface area contributed by atoms with Gasteiger partial charge in [-0.1, -0.05) is 50.5 Å². The predicted molar refractivity (Wildman–Crippen MR) is 209 cm³/mol. The second kappa shape index (κ2) is 22.1. The molecule has 328 valence electrons. The maximum atomic E-state index is 13.3. The van der Waals surface area contributed by atoms with Crippen LogP contribution in [0.2, 0.25) is 0 Å². The number of benzene rings is 4. The van der Waals surface area contributed by atoms with Gasteiger partial charge in [0, 0.05) is 0 Å². The SMILES string of the molecule is CCCCCC[C@H](C)OC(=O)c1ccc(-c2ccc(OC(=O)c3ccc(OC(=O)c4ccc(OCCCCCCOC(=O)C(F)(F)C(F)(F)C(F)(F)F)cc4)cc3)cc2)cc1. The Hall–Kier alpha value is -5.93. The van der Waals surface area contributed by atoms with Crippen molar-refractivity contribution in [2.24, 2.45) is 0 Å². The fraction of sp³-hybridized carbons (Fsp3) is 0.378. The number of ether oxygens (including phenoxy) is 5. The van der Waals surface area contributed by atoms with Gasteiger partial charge in [0.05, 0.1) is 36.0 Å². The molecule has 0 unspecified atom stereocenters. The van der Waals surface area contributed by atoms with Crippen molar-refractivity contribution in [2.45, 2.75) is 95.8 Å². The van der Waals surface area contributed by atoms with E-state index in [1.54, 1.807) is 36.4 Å². The first-order valence-corrected chi connectivity index (χ1v) is 19.6. The molecule has 0 saturated carbocycles. The van der Waals surface area contributed by atoms with Crippen LogP contribution in [0.1, 0.15) is 103 Å². The zero-order valence-corrected chi connectivity index (χ0v) is 33.4. The summed E-state index contributed by atoms with van der Waals surface area (Å²) in [7, 11) is 0. The summed E-state index contributed by atoms with van der Waals surface area (Å²) < 4.78 is 115. The van der Waals surface area contributed by atoms with E-state index in [0.717, 1.165) is 36.8 Å². The summed E-state index contributed by atoms with van der Waals surface area (Å²) >= 11 is 0. The van der Waals surface area contributed by atoms with Crippen molar-refractivity contribution in [1.29, 1.82) is 0 Å². The van der Waals surface area contributed by atoms with E-state index in [1.807, 2.05) is 19.1 Å². The van der Waals surface area contributed by atoms with Gasteiger partial charge in [0.25, 0.3) is 0 Å². The molecule has 4 aromatic carbocycles. The Bertz CT molecular complexity index is 2030. The molecule has 0 amide bonds. The summed E-state index contributed by atoms with van der Waals surface area (Å²) in [5.74, 6) is -16.4. The molecule has 0 fully saturated rings. The Balaban J connectivity index is 1.14. The fourth-order valence-corrected chi connectivity index (χ4v) is 5.67. The fourth-order valence-electron chi connectivity index (χ4n) is 5.67. The highest BCUT2D eigenvalue weighted by Gasteiger charge is 2.77. The lowest BCUT2D eigenvalue weighted by Gasteiger charge is -2.26. The number of hydrogen-bond acceptors (Lipinski definition) is 9. The van der Waals surface area contributed by atoms with E-state index in [-0.39, 0.29) is 48.4 Å². The summed E-state index contributed by atoms with van der Waals surface area (Å²) in [6.07, 6.45) is -0.427. The first-order chi connectivity index (χ1) is 28.9. The van der Waals surface area contributed by atoms with Gasteiger partial charge in [-0.2, -0.15) is 30.7 Å². The first-order valence-electron chi connectivity index (χ1n) is 19.6. The van der Waals surface area contributed by atoms with Crippen LogP contribution in [0.25, 0.3) is 11.1 Å². The smallest absolute Gasteiger partial charge is 0.460 e. The van der Waals surface area contributed by atoms with Crippen LogP contribution < -0.4 is 14.2 Å². The number of halogens is 7. The molecule has 0 spiro atoms. The minimum atomic E-state index is -6.63. The lowest BCUT2D eigenvalue weighted by Crippen LogP contribution is -2.56. The molecule has 0 radical (unpaired) electrons. The predicted octanol–water partition coefficient (Wildman–Crippen LogP) is 11.6. The Morgan fingerprint density at radius 1 is 0.525 bits per heavy atom. The second-order valence-corrected chi connectivity index (χ2v) is 14.0. The molecule has 0 heterocycles. The van der Waals surface area contributed by atoms with Crippen molar-refractivity contribution < 1.29 is 73.6 Å². The Morgan fingerprint density at radius 2 is 0.951 bits per heavy atom. The van der Waals surface area contributed by atoms with Crippen LogP contribution in [-0.4, -0.2) is 61.2 Å². The van der Waals surface area contributed by atoms with Crippen molar-refractivity contribution in [3.8, 4) is 28.4 Å². The van der Waals surface area contributed by atoms with Crippen LogP contribution in [0.5, 0.6) is 17.2 Å². The Morgan fingerprint density at radius 3 is 1.46 bits per heavy atom. The quantitative estimate of drug-likeness (QED) is 0.0330. The van der Waals surface area contributed by atoms with Gasteiger partial charge in [-0.05, 0) is 129 Å². The van der Waals surface area contributed by atoms with E-state index in [1.165, 1.54) is 55.0 Å². The molecule has 0 aliphatic heterocycles. The van der Waals surface area contributed by atoms with Crippen LogP contribution in [0.4, 0.5) is 30.7 Å². The number of hydrogen-bond donors (Lipinski definition) is 0. The molecule has 1 atom stereocenters. The van der Waals surface area contributed by atoms with Gasteiger partial charge in [-0.3, -0.25) is 0 Å². The molecule has 16 heteroatoms. The highest BCUT2D eigenvalue weighted by molar-refractivity contribution is 5.93. The van der Waals surface area contributed by atoms with Crippen LogP contribution in [0.3, 0.4) is 0 Å². The topological polar surface area (TPSA) is 114 Å². The molecule has 0 aliphatic rings. The molecule has 4 rings (SSSR count). The van der Waals surface area contributed by atoms with Gasteiger partial charge in [-0.25, -0.2) is 19.2 Å². The molecule has 0 saturated heterocycles. The number of rotatable bonds is 22. The number of carbonyl (C=O) groups excluding carboxylic acids is 4. The monoisotopic (exact) mass is 862 g/mol. The van der Waals surface area contributed by atoms with Crippen molar-refractivity contribution >= 4 is 23.9 Å². The van der Waals surface area contributed by atoms with Crippen molar-refractivity contribution in [3.05, 3.63) is 114 Å². The maximum absolute atomic E-state index is 13.3. The highest BCUT2D eigenvalue weighted by atomic mass is 19.4. The minimum Gasteiger partial charge on any atom is -0.494 e. The average Bonchev–Trinajstić information content (AvgIpc) is 3.23. The number of esters is 4. The molecule has 61 heavy (non-hydrogen) atoms. The lowest BCUT2D eigenvalue weighted by atomic mass is 10.0. The summed E-state index contributed by atoms with van der Waals surface area (Å²) in [6, 6.07) is 25.7. The maximum Gasteiger partial charge on any atom is 0.460 e. The first kappa shape index (κ1) is 47.7. The molecule has 9 nitrogen and oxygen atoms in total. The van der Waals surface area contributed by atoms with Gasteiger partial charge in [-0.15, -0.1) is 0 Å². The van der Waals surface area contributed by atoms with Crippen LogP contribution in [-0.2, 0) is 14.3 Å². The third kappa shape index (κ3) is 13.8. The number of alkyl halides is 7. The minimum absolute atomic E-state index is 0.0587. The van der Waals surface area contributed by atoms with Crippen LogP contribution in [0.15, 0.2) is 97.1 Å². The summed E-state index contributed by atoms with van der Waals surface area (Å²) in [5, 5.41) is 0. The zero-order valence-electron chi connectivity index (χ0n) is 33.4. The highest BCUT2D eigenvalue weighted by Crippen LogP contribution is 2.47. The van der Waals surface area contributed by atoms with Gasteiger partial charge in [0.2, 0.25) is 0 Å². The molecule has 4 aromatic rings. The lowest BCUT2D eigenvalue weighted by molar-refractivity contribution is -0.348. The van der Waals surface area contributed by atoms with Crippen molar-refractivity contribution in [2.75, 3.05) is 13.2 Å². The summed E-state index contributed by atoms with van der Waals surface area (Å²) in [5.41, 5.74) is 2.58. The largest absolute Gasteiger partial charge is 0.494 e. The van der Waals surface area contributed by atoms with E-state index in [4.69, 9.17) is 18.9 Å². The number of unbranched alkanes of at least 4 members (excludes halogenated alkanes) is 6. The Kier molecular flexibility index (Phi) is 17.3. The summed E-state index contributed by atoms with van der Waals surface area (Å²) in [6.45, 7) is 3.47. The second-order valence-electron chi connectivity index (χ2n) is 14.0. The van der Waals surface area contributed by atoms with Crippen LogP contribution >= 0.6 is 0 Å². The Labute approximate surface area is 348 Å². The van der Waals surface area contributed by atoms with Gasteiger partial charge < -0.3 is 23.7 Å². The molecule has 0 aromatic heterocycles. The molecule has 0 bridgehead atoms.